The Morgan fingerprint density at radius 3 is 2.44 bits per heavy atom. The van der Waals surface area contributed by atoms with Crippen molar-refractivity contribution < 1.29 is 17.9 Å². The average molecular weight is 503 g/mol. The maximum absolute atomic E-state index is 13.5. The van der Waals surface area contributed by atoms with Gasteiger partial charge < -0.3 is 9.30 Å². The third-order valence-electron chi connectivity index (χ3n) is 5.87. The number of hydrogen-bond acceptors (Lipinski definition) is 6. The fourth-order valence-electron chi connectivity index (χ4n) is 3.98. The van der Waals surface area contributed by atoms with E-state index in [9.17, 15) is 13.2 Å². The van der Waals surface area contributed by atoms with Crippen molar-refractivity contribution in [2.24, 2.45) is 7.05 Å². The molecule has 36 heavy (non-hydrogen) atoms. The zero-order valence-corrected chi connectivity index (χ0v) is 20.9. The Morgan fingerprint density at radius 2 is 1.78 bits per heavy atom. The quantitative estimate of drug-likeness (QED) is 0.321. The molecule has 0 atom stereocenters. The van der Waals surface area contributed by atoms with E-state index in [4.69, 9.17) is 15.0 Å². The summed E-state index contributed by atoms with van der Waals surface area (Å²) in [6.07, 6.45) is 1.41. The number of benzene rings is 3. The molecule has 0 aliphatic heterocycles. The summed E-state index contributed by atoms with van der Waals surface area (Å²) in [6, 6.07) is 22.7. The lowest BCUT2D eigenvalue weighted by atomic mass is 10.1. The number of hydrogen-bond donors (Lipinski definition) is 0. The smallest absolute Gasteiger partial charge is 0.326 e. The summed E-state index contributed by atoms with van der Waals surface area (Å²) >= 11 is 0. The Kier molecular flexibility index (Phi) is 7.36. The van der Waals surface area contributed by atoms with Crippen molar-refractivity contribution in [2.45, 2.75) is 24.7 Å². The molecule has 0 N–H and O–H groups in total. The number of esters is 1. The van der Waals surface area contributed by atoms with Crippen LogP contribution in [-0.4, -0.2) is 37.1 Å². The van der Waals surface area contributed by atoms with Gasteiger partial charge in [-0.2, -0.15) is 5.26 Å². The van der Waals surface area contributed by atoms with Gasteiger partial charge in [-0.05, 0) is 61.4 Å². The van der Waals surface area contributed by atoms with Crippen molar-refractivity contribution in [1.29, 1.82) is 5.26 Å². The lowest BCUT2D eigenvalue weighted by molar-refractivity contribution is -0.141. The van der Waals surface area contributed by atoms with Crippen LogP contribution in [0.2, 0.25) is 0 Å². The number of sulfonamides is 1. The molecule has 0 aliphatic rings. The highest BCUT2D eigenvalue weighted by molar-refractivity contribution is 7.92. The first-order valence-corrected chi connectivity index (χ1v) is 12.9. The minimum atomic E-state index is -4.02. The summed E-state index contributed by atoms with van der Waals surface area (Å²) in [6.45, 7) is 1.38. The average Bonchev–Trinajstić information content (AvgIpc) is 3.21. The predicted octanol–water partition coefficient (Wildman–Crippen LogP) is 3.99. The molecule has 0 bridgehead atoms. The molecular weight excluding hydrogens is 476 g/mol. The first kappa shape index (κ1) is 24.9. The number of nitrogens with zero attached hydrogens (tertiary/aromatic N) is 4. The van der Waals surface area contributed by atoms with E-state index in [1.165, 1.54) is 12.1 Å². The highest BCUT2D eigenvalue weighted by Gasteiger charge is 2.28. The van der Waals surface area contributed by atoms with Gasteiger partial charge in [0.05, 0.1) is 39.9 Å². The van der Waals surface area contributed by atoms with E-state index in [1.807, 2.05) is 29.8 Å². The number of carbonyl (C=O) groups is 1. The normalized spacial score (nSPS) is 11.2. The largest absolute Gasteiger partial charge is 0.465 e. The zero-order chi connectivity index (χ0) is 25.7. The SMILES string of the molecule is CCOC(=O)CN(c1ccc2c(c1)nc(CCc1ccc(C#N)cc1)n2C)S(=O)(=O)c1ccccc1. The van der Waals surface area contributed by atoms with Gasteiger partial charge in [0.2, 0.25) is 0 Å². The maximum Gasteiger partial charge on any atom is 0.326 e. The molecule has 0 spiro atoms. The second-order valence-electron chi connectivity index (χ2n) is 8.20. The molecule has 184 valence electrons. The number of carbonyl (C=O) groups excluding carboxylic acids is 1. The fourth-order valence-corrected chi connectivity index (χ4v) is 5.40. The molecule has 0 amide bonds. The Balaban J connectivity index is 1.66. The monoisotopic (exact) mass is 502 g/mol. The van der Waals surface area contributed by atoms with Gasteiger partial charge in [0.1, 0.15) is 12.4 Å². The number of nitriles is 1. The van der Waals surface area contributed by atoms with E-state index < -0.39 is 22.5 Å². The van der Waals surface area contributed by atoms with E-state index in [-0.39, 0.29) is 11.5 Å². The Morgan fingerprint density at radius 1 is 1.06 bits per heavy atom. The Bertz CT molecular complexity index is 1520. The molecule has 9 heteroatoms. The number of fused-ring (bicyclic) bond motifs is 1. The molecule has 1 aromatic heterocycles. The van der Waals surface area contributed by atoms with Gasteiger partial charge in [-0.3, -0.25) is 9.10 Å². The topological polar surface area (TPSA) is 105 Å². The third kappa shape index (κ3) is 5.24. The van der Waals surface area contributed by atoms with Crippen molar-refractivity contribution in [3.8, 4) is 6.07 Å². The van der Waals surface area contributed by atoms with Gasteiger partial charge in [0.25, 0.3) is 10.0 Å². The van der Waals surface area contributed by atoms with Crippen LogP contribution in [0, 0.1) is 11.3 Å². The van der Waals surface area contributed by atoms with Crippen molar-refractivity contribution >= 4 is 32.7 Å². The minimum absolute atomic E-state index is 0.0820. The molecule has 4 rings (SSSR count). The highest BCUT2D eigenvalue weighted by Crippen LogP contribution is 2.28. The van der Waals surface area contributed by atoms with E-state index in [1.54, 1.807) is 49.4 Å². The number of anilines is 1. The van der Waals surface area contributed by atoms with Crippen LogP contribution in [-0.2, 0) is 39.4 Å². The van der Waals surface area contributed by atoms with Gasteiger partial charge in [0, 0.05) is 13.5 Å². The summed E-state index contributed by atoms with van der Waals surface area (Å²) in [5.74, 6) is 0.204. The van der Waals surface area contributed by atoms with Gasteiger partial charge >= 0.3 is 5.97 Å². The lowest BCUT2D eigenvalue weighted by Crippen LogP contribution is -2.36. The number of ether oxygens (including phenoxy) is 1. The first-order chi connectivity index (χ1) is 17.3. The summed E-state index contributed by atoms with van der Waals surface area (Å²) in [5.41, 5.74) is 3.52. The summed E-state index contributed by atoms with van der Waals surface area (Å²) < 4.78 is 35.0. The summed E-state index contributed by atoms with van der Waals surface area (Å²) in [7, 11) is -2.10. The van der Waals surface area contributed by atoms with Gasteiger partial charge in [-0.25, -0.2) is 13.4 Å². The molecule has 4 aromatic rings. The first-order valence-electron chi connectivity index (χ1n) is 11.5. The number of rotatable bonds is 9. The number of imidazole rings is 1. The van der Waals surface area contributed by atoms with Gasteiger partial charge in [0.15, 0.2) is 0 Å². The minimum Gasteiger partial charge on any atom is -0.465 e. The molecule has 0 saturated carbocycles. The van der Waals surface area contributed by atoms with Crippen molar-refractivity contribution in [1.82, 2.24) is 9.55 Å². The molecule has 0 unspecified atom stereocenters. The molecule has 0 saturated heterocycles. The molecule has 1 heterocycles. The standard InChI is InChI=1S/C27H26N4O4S/c1-3-35-27(32)19-31(36(33,34)23-7-5-4-6-8-23)22-14-15-25-24(17-22)29-26(30(25)2)16-13-20-9-11-21(18-28)12-10-20/h4-12,14-15,17H,3,13,16,19H2,1-2H3. The van der Waals surface area contributed by atoms with Crippen LogP contribution in [0.1, 0.15) is 23.9 Å². The molecule has 3 aromatic carbocycles. The zero-order valence-electron chi connectivity index (χ0n) is 20.1. The Labute approximate surface area is 210 Å². The highest BCUT2D eigenvalue weighted by atomic mass is 32.2. The number of aromatic nitrogens is 2. The van der Waals surface area contributed by atoms with Crippen molar-refractivity contribution in [3.05, 3.63) is 89.7 Å². The van der Waals surface area contributed by atoms with E-state index in [0.717, 1.165) is 27.6 Å². The number of aryl methyl sites for hydroxylation is 3. The predicted molar refractivity (Wildman–Crippen MR) is 137 cm³/mol. The lowest BCUT2D eigenvalue weighted by Gasteiger charge is -2.23. The summed E-state index contributed by atoms with van der Waals surface area (Å²) in [4.78, 5) is 17.2. The van der Waals surface area contributed by atoms with Crippen LogP contribution in [0.3, 0.4) is 0 Å². The van der Waals surface area contributed by atoms with Crippen LogP contribution >= 0.6 is 0 Å². The second-order valence-corrected chi connectivity index (χ2v) is 10.1. The molecule has 0 fully saturated rings. The van der Waals surface area contributed by atoms with Gasteiger partial charge in [-0.1, -0.05) is 30.3 Å². The van der Waals surface area contributed by atoms with Crippen LogP contribution in [0.4, 0.5) is 5.69 Å². The molecular formula is C27H26N4O4S. The van der Waals surface area contributed by atoms with Crippen LogP contribution in [0.25, 0.3) is 11.0 Å². The van der Waals surface area contributed by atoms with E-state index in [0.29, 0.717) is 23.2 Å². The second kappa shape index (κ2) is 10.6. The fraction of sp³-hybridized carbons (Fsp3) is 0.222. The van der Waals surface area contributed by atoms with Crippen LogP contribution < -0.4 is 4.31 Å². The molecule has 0 radical (unpaired) electrons. The van der Waals surface area contributed by atoms with Crippen molar-refractivity contribution in [3.63, 3.8) is 0 Å². The van der Waals surface area contributed by atoms with Crippen molar-refractivity contribution in [2.75, 3.05) is 17.5 Å². The Hall–Kier alpha value is -4.16. The van der Waals surface area contributed by atoms with Gasteiger partial charge in [-0.15, -0.1) is 0 Å². The molecule has 0 aliphatic carbocycles. The molecule has 8 nitrogen and oxygen atoms in total. The van der Waals surface area contributed by atoms with Crippen LogP contribution in [0.15, 0.2) is 77.7 Å². The third-order valence-corrected chi connectivity index (χ3v) is 7.66. The van der Waals surface area contributed by atoms with E-state index >= 15 is 0 Å². The van der Waals surface area contributed by atoms with Crippen LogP contribution in [0.5, 0.6) is 0 Å². The van der Waals surface area contributed by atoms with E-state index in [2.05, 4.69) is 6.07 Å². The summed E-state index contributed by atoms with van der Waals surface area (Å²) in [5, 5.41) is 8.97. The maximum atomic E-state index is 13.5.